The summed E-state index contributed by atoms with van der Waals surface area (Å²) < 4.78 is 25.4. The number of hydrogen-bond acceptors (Lipinski definition) is 3. The van der Waals surface area contributed by atoms with E-state index in [1.807, 2.05) is 0 Å². The predicted molar refractivity (Wildman–Crippen MR) is 46.0 cm³/mol. The number of phenols is 1. The summed E-state index contributed by atoms with van der Waals surface area (Å²) in [5.74, 6) is -3.46. The summed E-state index contributed by atoms with van der Waals surface area (Å²) >= 11 is 0. The van der Waals surface area contributed by atoms with E-state index in [2.05, 4.69) is 0 Å². The van der Waals surface area contributed by atoms with Gasteiger partial charge in [-0.25, -0.2) is 8.78 Å². The van der Waals surface area contributed by atoms with Gasteiger partial charge in [0.2, 0.25) is 0 Å². The lowest BCUT2D eigenvalue weighted by Gasteiger charge is -2.03. The zero-order valence-electron chi connectivity index (χ0n) is 7.26. The molecule has 1 aromatic carbocycles. The van der Waals surface area contributed by atoms with Crippen molar-refractivity contribution in [2.24, 2.45) is 5.73 Å². The van der Waals surface area contributed by atoms with Crippen molar-refractivity contribution in [2.75, 3.05) is 6.54 Å². The van der Waals surface area contributed by atoms with Crippen molar-refractivity contribution in [2.45, 2.75) is 6.42 Å². The molecule has 0 unspecified atom stereocenters. The van der Waals surface area contributed by atoms with Gasteiger partial charge in [0.05, 0.1) is 5.56 Å². The number of nitrogens with two attached hydrogens (primary N) is 1. The van der Waals surface area contributed by atoms with Crippen LogP contribution in [0.5, 0.6) is 5.75 Å². The molecular formula is C9H9F2NO2. The fraction of sp³-hybridized carbons (Fsp3) is 0.222. The van der Waals surface area contributed by atoms with E-state index in [0.29, 0.717) is 6.07 Å². The van der Waals surface area contributed by atoms with E-state index in [-0.39, 0.29) is 18.5 Å². The number of ketones is 1. The van der Waals surface area contributed by atoms with E-state index < -0.39 is 23.2 Å². The lowest BCUT2D eigenvalue weighted by atomic mass is 10.1. The predicted octanol–water partition coefficient (Wildman–Crippen LogP) is 1.20. The molecule has 0 aliphatic rings. The number of Topliss-reactive ketones (excluding diaryl/α,β-unsaturated/α-hetero) is 1. The van der Waals surface area contributed by atoms with Crippen molar-refractivity contribution in [3.63, 3.8) is 0 Å². The van der Waals surface area contributed by atoms with Crippen LogP contribution in [0.25, 0.3) is 0 Å². The summed E-state index contributed by atoms with van der Waals surface area (Å²) in [5, 5.41) is 9.12. The molecule has 3 N–H and O–H groups in total. The lowest BCUT2D eigenvalue weighted by molar-refractivity contribution is 0.0981. The zero-order valence-corrected chi connectivity index (χ0v) is 7.26. The normalized spacial score (nSPS) is 10.2. The Hall–Kier alpha value is -1.49. The molecule has 0 saturated heterocycles. The van der Waals surface area contributed by atoms with Crippen molar-refractivity contribution in [3.8, 4) is 5.75 Å². The first-order valence-corrected chi connectivity index (χ1v) is 3.97. The topological polar surface area (TPSA) is 63.3 Å². The van der Waals surface area contributed by atoms with Gasteiger partial charge >= 0.3 is 0 Å². The van der Waals surface area contributed by atoms with Crippen molar-refractivity contribution in [3.05, 3.63) is 29.3 Å². The second kappa shape index (κ2) is 4.15. The van der Waals surface area contributed by atoms with Crippen LogP contribution in [0.2, 0.25) is 0 Å². The molecule has 76 valence electrons. The maximum Gasteiger partial charge on any atom is 0.168 e. The van der Waals surface area contributed by atoms with Gasteiger partial charge in [-0.05, 0) is 12.6 Å². The van der Waals surface area contributed by atoms with Gasteiger partial charge < -0.3 is 10.8 Å². The Balaban J connectivity index is 3.13. The minimum absolute atomic E-state index is 0.0591. The first kappa shape index (κ1) is 10.6. The first-order chi connectivity index (χ1) is 6.56. The quantitative estimate of drug-likeness (QED) is 0.722. The molecule has 0 radical (unpaired) electrons. The molecule has 3 nitrogen and oxygen atoms in total. The lowest BCUT2D eigenvalue weighted by Crippen LogP contribution is -2.09. The molecule has 0 aliphatic heterocycles. The van der Waals surface area contributed by atoms with Gasteiger partial charge in [-0.3, -0.25) is 4.79 Å². The van der Waals surface area contributed by atoms with Crippen molar-refractivity contribution in [1.29, 1.82) is 0 Å². The Labute approximate surface area is 79.2 Å². The average Bonchev–Trinajstić information content (AvgIpc) is 2.11. The van der Waals surface area contributed by atoms with E-state index in [4.69, 9.17) is 10.8 Å². The Morgan fingerprint density at radius 1 is 1.43 bits per heavy atom. The van der Waals surface area contributed by atoms with Gasteiger partial charge in [0.15, 0.2) is 17.3 Å². The summed E-state index contributed by atoms with van der Waals surface area (Å²) in [6.07, 6.45) is -0.0591. The Morgan fingerprint density at radius 2 is 2.07 bits per heavy atom. The molecule has 0 saturated carbocycles. The highest BCUT2D eigenvalue weighted by molar-refractivity contribution is 5.98. The van der Waals surface area contributed by atoms with E-state index in [9.17, 15) is 13.6 Å². The molecule has 0 amide bonds. The van der Waals surface area contributed by atoms with Crippen molar-refractivity contribution >= 4 is 5.78 Å². The average molecular weight is 201 g/mol. The number of carbonyl (C=O) groups excluding carboxylic acids is 1. The smallest absolute Gasteiger partial charge is 0.168 e. The summed E-state index contributed by atoms with van der Waals surface area (Å²) in [4.78, 5) is 11.2. The molecular weight excluding hydrogens is 192 g/mol. The summed E-state index contributed by atoms with van der Waals surface area (Å²) in [6.45, 7) is 0.0659. The third kappa shape index (κ3) is 2.05. The van der Waals surface area contributed by atoms with E-state index in [1.165, 1.54) is 0 Å². The highest BCUT2D eigenvalue weighted by atomic mass is 19.1. The van der Waals surface area contributed by atoms with Gasteiger partial charge in [0, 0.05) is 12.5 Å². The number of phenolic OH excluding ortho intramolecular Hbond substituents is 1. The van der Waals surface area contributed by atoms with Crippen LogP contribution in [0.4, 0.5) is 8.78 Å². The molecule has 0 bridgehead atoms. The second-order valence-electron chi connectivity index (χ2n) is 2.75. The van der Waals surface area contributed by atoms with Crippen molar-refractivity contribution < 1.29 is 18.7 Å². The fourth-order valence-electron chi connectivity index (χ4n) is 1.04. The number of halogens is 2. The maximum atomic E-state index is 12.8. The SMILES string of the molecule is NCCC(=O)c1cc(F)cc(F)c1O. The van der Waals surface area contributed by atoms with Crippen LogP contribution < -0.4 is 5.73 Å². The molecule has 0 spiro atoms. The van der Waals surface area contributed by atoms with Gasteiger partial charge in [0.25, 0.3) is 0 Å². The van der Waals surface area contributed by atoms with Crippen LogP contribution in [-0.2, 0) is 0 Å². The molecule has 0 aromatic heterocycles. The highest BCUT2D eigenvalue weighted by Gasteiger charge is 2.15. The minimum atomic E-state index is -1.15. The number of rotatable bonds is 3. The molecule has 1 aromatic rings. The van der Waals surface area contributed by atoms with E-state index in [0.717, 1.165) is 6.07 Å². The largest absolute Gasteiger partial charge is 0.504 e. The van der Waals surface area contributed by atoms with Gasteiger partial charge in [-0.1, -0.05) is 0 Å². The molecule has 0 aliphatic carbocycles. The monoisotopic (exact) mass is 201 g/mol. The number of aromatic hydroxyl groups is 1. The molecule has 0 heterocycles. The summed E-state index contributed by atoms with van der Waals surface area (Å²) in [6, 6.07) is 1.30. The van der Waals surface area contributed by atoms with Crippen LogP contribution in [-0.4, -0.2) is 17.4 Å². The Kier molecular flexibility index (Phi) is 3.14. The Bertz CT molecular complexity index is 366. The highest BCUT2D eigenvalue weighted by Crippen LogP contribution is 2.23. The van der Waals surface area contributed by atoms with Crippen LogP contribution in [0, 0.1) is 11.6 Å². The maximum absolute atomic E-state index is 12.8. The third-order valence-corrected chi connectivity index (χ3v) is 1.70. The number of benzene rings is 1. The molecule has 1 rings (SSSR count). The molecule has 14 heavy (non-hydrogen) atoms. The van der Waals surface area contributed by atoms with E-state index >= 15 is 0 Å². The summed E-state index contributed by atoms with van der Waals surface area (Å²) in [5.41, 5.74) is 4.74. The van der Waals surface area contributed by atoms with Gasteiger partial charge in [-0.15, -0.1) is 0 Å². The van der Waals surface area contributed by atoms with Gasteiger partial charge in [-0.2, -0.15) is 0 Å². The number of hydrogen-bond donors (Lipinski definition) is 2. The molecule has 0 atom stereocenters. The fourth-order valence-corrected chi connectivity index (χ4v) is 1.04. The second-order valence-corrected chi connectivity index (χ2v) is 2.75. The van der Waals surface area contributed by atoms with Crippen LogP contribution in [0.3, 0.4) is 0 Å². The van der Waals surface area contributed by atoms with Gasteiger partial charge in [0.1, 0.15) is 5.82 Å². The molecule has 0 fully saturated rings. The molecule has 5 heteroatoms. The van der Waals surface area contributed by atoms with Crippen LogP contribution in [0.15, 0.2) is 12.1 Å². The third-order valence-electron chi connectivity index (χ3n) is 1.70. The standard InChI is InChI=1S/C9H9F2NO2/c10-5-3-6(8(13)1-2-12)9(14)7(11)4-5/h3-4,14H,1-2,12H2. The number of carbonyl (C=O) groups is 1. The first-order valence-electron chi connectivity index (χ1n) is 3.97. The van der Waals surface area contributed by atoms with Crippen molar-refractivity contribution in [1.82, 2.24) is 0 Å². The minimum Gasteiger partial charge on any atom is -0.504 e. The van der Waals surface area contributed by atoms with E-state index in [1.54, 1.807) is 0 Å². The van der Waals surface area contributed by atoms with Crippen LogP contribution >= 0.6 is 0 Å². The Morgan fingerprint density at radius 3 is 2.64 bits per heavy atom. The van der Waals surface area contributed by atoms with Crippen LogP contribution in [0.1, 0.15) is 16.8 Å². The zero-order chi connectivity index (χ0) is 10.7. The summed E-state index contributed by atoms with van der Waals surface area (Å²) in [7, 11) is 0.